The molecule has 0 amide bonds. The van der Waals surface area contributed by atoms with Crippen LogP contribution in [-0.4, -0.2) is 34.2 Å². The van der Waals surface area contributed by atoms with Gasteiger partial charge in [0.2, 0.25) is 0 Å². The molecule has 1 aliphatic heterocycles. The number of benzene rings is 1. The van der Waals surface area contributed by atoms with Crippen LogP contribution in [0.3, 0.4) is 0 Å². The van der Waals surface area contributed by atoms with Crippen LogP contribution in [0.1, 0.15) is 19.0 Å². The molecule has 3 aromatic rings. The maximum absolute atomic E-state index is 12.2. The number of anilines is 2. The molecule has 0 aliphatic carbocycles. The van der Waals surface area contributed by atoms with Gasteiger partial charge in [0.25, 0.3) is 5.56 Å². The second-order valence-corrected chi connectivity index (χ2v) is 6.42. The van der Waals surface area contributed by atoms with Gasteiger partial charge in [0.1, 0.15) is 0 Å². The van der Waals surface area contributed by atoms with Gasteiger partial charge >= 0.3 is 0 Å². The van der Waals surface area contributed by atoms with E-state index in [0.717, 1.165) is 18.7 Å². The lowest BCUT2D eigenvalue weighted by Gasteiger charge is -2.30. The van der Waals surface area contributed by atoms with Gasteiger partial charge in [-0.1, -0.05) is 12.1 Å². The molecular weight excluding hydrogens is 302 g/mol. The van der Waals surface area contributed by atoms with E-state index in [2.05, 4.69) is 58.1 Å². The van der Waals surface area contributed by atoms with Crippen LogP contribution in [0.5, 0.6) is 0 Å². The van der Waals surface area contributed by atoms with Gasteiger partial charge < -0.3 is 9.80 Å². The monoisotopic (exact) mass is 323 g/mol. The maximum Gasteiger partial charge on any atom is 0.272 e. The highest BCUT2D eigenvalue weighted by Crippen LogP contribution is 2.34. The van der Waals surface area contributed by atoms with Crippen molar-refractivity contribution in [3.8, 4) is 0 Å². The molecule has 1 N–H and O–H groups in total. The van der Waals surface area contributed by atoms with Gasteiger partial charge in [-0.15, -0.1) is 0 Å². The largest absolute Gasteiger partial charge is 0.373 e. The summed E-state index contributed by atoms with van der Waals surface area (Å²) in [6.45, 7) is 3.88. The highest BCUT2D eigenvalue weighted by molar-refractivity contribution is 5.72. The fraction of sp³-hybridized carbons (Fsp3) is 0.333. The highest BCUT2D eigenvalue weighted by Gasteiger charge is 2.24. The first kappa shape index (κ1) is 14.8. The summed E-state index contributed by atoms with van der Waals surface area (Å²) in [5, 5.41) is 2.88. The third-order valence-electron chi connectivity index (χ3n) is 4.78. The summed E-state index contributed by atoms with van der Waals surface area (Å²) in [6.07, 6.45) is 2.79. The van der Waals surface area contributed by atoms with Crippen molar-refractivity contribution in [3.05, 3.63) is 58.6 Å². The van der Waals surface area contributed by atoms with Crippen LogP contribution in [-0.2, 0) is 6.54 Å². The van der Waals surface area contributed by atoms with Crippen molar-refractivity contribution in [1.29, 1.82) is 0 Å². The van der Waals surface area contributed by atoms with Crippen molar-refractivity contribution in [2.24, 2.45) is 0 Å². The van der Waals surface area contributed by atoms with Gasteiger partial charge in [-0.3, -0.25) is 9.89 Å². The van der Waals surface area contributed by atoms with Gasteiger partial charge in [-0.2, -0.15) is 0 Å². The second-order valence-electron chi connectivity index (χ2n) is 6.42. The molecule has 24 heavy (non-hydrogen) atoms. The van der Waals surface area contributed by atoms with Crippen LogP contribution in [0, 0.1) is 0 Å². The van der Waals surface area contributed by atoms with E-state index in [0.29, 0.717) is 18.2 Å². The zero-order valence-electron chi connectivity index (χ0n) is 13.9. The number of para-hydroxylation sites is 2. The number of rotatable bonds is 2. The van der Waals surface area contributed by atoms with Crippen LogP contribution in [0.25, 0.3) is 5.65 Å². The number of aromatic amines is 1. The van der Waals surface area contributed by atoms with Gasteiger partial charge in [0.05, 0.1) is 23.6 Å². The molecule has 4 rings (SSSR count). The zero-order chi connectivity index (χ0) is 16.7. The summed E-state index contributed by atoms with van der Waals surface area (Å²) < 4.78 is 1.46. The quantitative estimate of drug-likeness (QED) is 0.786. The molecule has 6 nitrogen and oxygen atoms in total. The minimum atomic E-state index is -0.0760. The van der Waals surface area contributed by atoms with E-state index in [4.69, 9.17) is 0 Å². The Morgan fingerprint density at radius 3 is 2.88 bits per heavy atom. The number of fused-ring (bicyclic) bond motifs is 2. The van der Waals surface area contributed by atoms with Gasteiger partial charge in [0.15, 0.2) is 5.65 Å². The van der Waals surface area contributed by atoms with E-state index in [1.807, 2.05) is 6.07 Å². The van der Waals surface area contributed by atoms with Crippen LogP contribution in [0.2, 0.25) is 0 Å². The normalized spacial score (nSPS) is 17.8. The molecule has 0 saturated heterocycles. The summed E-state index contributed by atoms with van der Waals surface area (Å²) in [7, 11) is 2.13. The summed E-state index contributed by atoms with van der Waals surface area (Å²) in [6, 6.07) is 12.2. The van der Waals surface area contributed by atoms with E-state index in [9.17, 15) is 4.79 Å². The number of hydrogen-bond donors (Lipinski definition) is 1. The molecule has 0 spiro atoms. The number of H-pyrrole nitrogens is 1. The van der Waals surface area contributed by atoms with E-state index >= 15 is 0 Å². The molecule has 0 saturated carbocycles. The number of hydrogen-bond acceptors (Lipinski definition) is 4. The summed E-state index contributed by atoms with van der Waals surface area (Å²) in [5.41, 5.74) is 3.80. The van der Waals surface area contributed by atoms with E-state index in [-0.39, 0.29) is 5.56 Å². The molecular formula is C18H21N5O. The lowest BCUT2D eigenvalue weighted by Crippen LogP contribution is -2.33. The molecule has 1 atom stereocenters. The van der Waals surface area contributed by atoms with Crippen LogP contribution < -0.4 is 15.4 Å². The lowest BCUT2D eigenvalue weighted by molar-refractivity contribution is 0.596. The smallest absolute Gasteiger partial charge is 0.272 e. The van der Waals surface area contributed by atoms with Crippen LogP contribution in [0.4, 0.5) is 11.4 Å². The topological polar surface area (TPSA) is 56.6 Å². The van der Waals surface area contributed by atoms with Crippen LogP contribution in [0.15, 0.2) is 47.4 Å². The Hall–Kier alpha value is -2.76. The third kappa shape index (κ3) is 2.44. The summed E-state index contributed by atoms with van der Waals surface area (Å²) in [5.74, 6) is 0. The first-order valence-electron chi connectivity index (χ1n) is 8.26. The average Bonchev–Trinajstić information content (AvgIpc) is 3.02. The molecule has 0 bridgehead atoms. The van der Waals surface area contributed by atoms with Gasteiger partial charge in [-0.05, 0) is 25.5 Å². The standard InChI is InChI=1S/C18H21N5O/c1-13-8-10-21(2)15-5-3-4-6-16(15)22(13)12-14-11-18(24)23-17(20-14)7-9-19-23/h3-7,9,11,13,19H,8,10,12H2,1-2H3. The molecule has 124 valence electrons. The molecule has 2 aromatic heterocycles. The predicted octanol–water partition coefficient (Wildman–Crippen LogP) is 2.26. The minimum absolute atomic E-state index is 0.0760. The van der Waals surface area contributed by atoms with Crippen molar-refractivity contribution in [1.82, 2.24) is 14.6 Å². The molecule has 3 heterocycles. The van der Waals surface area contributed by atoms with Gasteiger partial charge in [-0.25, -0.2) is 9.50 Å². The van der Waals surface area contributed by atoms with Crippen molar-refractivity contribution in [3.63, 3.8) is 0 Å². The third-order valence-corrected chi connectivity index (χ3v) is 4.78. The molecule has 0 radical (unpaired) electrons. The van der Waals surface area contributed by atoms with Crippen LogP contribution >= 0.6 is 0 Å². The fourth-order valence-corrected chi connectivity index (χ4v) is 3.40. The second kappa shape index (κ2) is 5.70. The Morgan fingerprint density at radius 1 is 1.25 bits per heavy atom. The summed E-state index contributed by atoms with van der Waals surface area (Å²) >= 11 is 0. The number of aromatic nitrogens is 3. The number of nitrogens with one attached hydrogen (secondary N) is 1. The minimum Gasteiger partial charge on any atom is -0.373 e. The zero-order valence-corrected chi connectivity index (χ0v) is 13.9. The Morgan fingerprint density at radius 2 is 2.04 bits per heavy atom. The Bertz CT molecular complexity index is 928. The molecule has 1 aromatic carbocycles. The highest BCUT2D eigenvalue weighted by atomic mass is 16.1. The Kier molecular flexibility index (Phi) is 3.52. The molecule has 1 aliphatic rings. The van der Waals surface area contributed by atoms with Crippen molar-refractivity contribution < 1.29 is 0 Å². The fourth-order valence-electron chi connectivity index (χ4n) is 3.40. The van der Waals surface area contributed by atoms with Crippen molar-refractivity contribution in [2.45, 2.75) is 25.9 Å². The Balaban J connectivity index is 1.76. The van der Waals surface area contributed by atoms with Crippen molar-refractivity contribution >= 4 is 17.0 Å². The maximum atomic E-state index is 12.2. The molecule has 0 fully saturated rings. The summed E-state index contributed by atoms with van der Waals surface area (Å²) in [4.78, 5) is 21.5. The molecule has 1 unspecified atom stereocenters. The Labute approximate surface area is 140 Å². The van der Waals surface area contributed by atoms with E-state index in [1.54, 1.807) is 12.3 Å². The van der Waals surface area contributed by atoms with Crippen molar-refractivity contribution in [2.75, 3.05) is 23.4 Å². The molecule has 6 heteroatoms. The SMILES string of the molecule is CC1CCN(C)c2ccccc2N1Cc1cc(=O)n2[nH]ccc2n1. The van der Waals surface area contributed by atoms with E-state index in [1.165, 1.54) is 15.9 Å². The first-order chi connectivity index (χ1) is 11.6. The first-order valence-corrected chi connectivity index (χ1v) is 8.26. The average molecular weight is 323 g/mol. The number of nitrogens with zero attached hydrogens (tertiary/aromatic N) is 4. The van der Waals surface area contributed by atoms with Gasteiger partial charge in [0, 0.05) is 38.0 Å². The lowest BCUT2D eigenvalue weighted by atomic mass is 10.1. The predicted molar refractivity (Wildman–Crippen MR) is 95.8 cm³/mol. The van der Waals surface area contributed by atoms with E-state index < -0.39 is 0 Å².